The van der Waals surface area contributed by atoms with E-state index in [-0.39, 0.29) is 0 Å². The van der Waals surface area contributed by atoms with Crippen molar-refractivity contribution in [2.24, 2.45) is 0 Å². The lowest BCUT2D eigenvalue weighted by molar-refractivity contribution is 0.380. The summed E-state index contributed by atoms with van der Waals surface area (Å²) in [6, 6.07) is 5.44. The molecule has 0 atom stereocenters. The number of hydrogen-bond acceptors (Lipinski definition) is 3. The first kappa shape index (κ1) is 12.1. The van der Waals surface area contributed by atoms with Gasteiger partial charge in [-0.1, -0.05) is 47.4 Å². The first-order chi connectivity index (χ1) is 8.20. The van der Waals surface area contributed by atoms with Crippen molar-refractivity contribution in [1.29, 1.82) is 0 Å². The summed E-state index contributed by atoms with van der Waals surface area (Å²) in [6.45, 7) is 1.95. The van der Waals surface area contributed by atoms with Gasteiger partial charge < -0.3 is 4.52 Å². The van der Waals surface area contributed by atoms with Crippen molar-refractivity contribution in [2.45, 2.75) is 13.3 Å². The number of benzene rings is 1. The zero-order valence-electron chi connectivity index (χ0n) is 9.15. The van der Waals surface area contributed by atoms with Gasteiger partial charge in [0.25, 0.3) is 0 Å². The second kappa shape index (κ2) is 5.34. The van der Waals surface area contributed by atoms with Gasteiger partial charge in [0, 0.05) is 6.42 Å². The van der Waals surface area contributed by atoms with E-state index in [0.717, 1.165) is 12.0 Å². The van der Waals surface area contributed by atoms with Crippen LogP contribution in [0.1, 0.15) is 24.2 Å². The summed E-state index contributed by atoms with van der Waals surface area (Å²) in [5.41, 5.74) is 0.821. The topological polar surface area (TPSA) is 38.9 Å². The van der Waals surface area contributed by atoms with E-state index >= 15 is 0 Å². The van der Waals surface area contributed by atoms with Crippen molar-refractivity contribution in [2.75, 3.05) is 0 Å². The molecule has 1 aromatic heterocycles. The van der Waals surface area contributed by atoms with Gasteiger partial charge in [0.2, 0.25) is 5.89 Å². The van der Waals surface area contributed by atoms with Gasteiger partial charge in [-0.05, 0) is 23.8 Å². The molecule has 0 fully saturated rings. The van der Waals surface area contributed by atoms with Gasteiger partial charge in [0.1, 0.15) is 0 Å². The molecule has 1 aromatic carbocycles. The molecule has 0 saturated carbocycles. The van der Waals surface area contributed by atoms with Crippen LogP contribution in [0.2, 0.25) is 10.0 Å². The molecule has 0 unspecified atom stereocenters. The molecule has 0 saturated heterocycles. The Kier molecular flexibility index (Phi) is 3.82. The van der Waals surface area contributed by atoms with E-state index in [1.165, 1.54) is 0 Å². The predicted octanol–water partition coefficient (Wildman–Crippen LogP) is 4.11. The number of nitrogens with zero attached hydrogens (tertiary/aromatic N) is 2. The van der Waals surface area contributed by atoms with E-state index in [0.29, 0.717) is 21.8 Å². The molecule has 0 radical (unpaired) electrons. The minimum atomic E-state index is 0.518. The highest BCUT2D eigenvalue weighted by Crippen LogP contribution is 2.26. The molecule has 0 N–H and O–H groups in total. The zero-order valence-corrected chi connectivity index (χ0v) is 10.7. The molecule has 88 valence electrons. The van der Waals surface area contributed by atoms with Gasteiger partial charge in [-0.25, -0.2) is 0 Å². The Morgan fingerprint density at radius 3 is 2.82 bits per heavy atom. The van der Waals surface area contributed by atoms with Gasteiger partial charge in [-0.15, -0.1) is 0 Å². The third-order valence-electron chi connectivity index (χ3n) is 2.18. The molecule has 3 nitrogen and oxygen atoms in total. The van der Waals surface area contributed by atoms with Crippen LogP contribution in [-0.2, 0) is 6.42 Å². The molecule has 17 heavy (non-hydrogen) atoms. The van der Waals surface area contributed by atoms with Gasteiger partial charge in [0.05, 0.1) is 10.0 Å². The molecule has 0 aliphatic rings. The van der Waals surface area contributed by atoms with Crippen LogP contribution >= 0.6 is 23.2 Å². The summed E-state index contributed by atoms with van der Waals surface area (Å²) in [5.74, 6) is 1.14. The second-order valence-electron chi connectivity index (χ2n) is 3.38. The SMILES string of the molecule is CCc1nc(C=Cc2cccc(Cl)c2Cl)no1. The third-order valence-corrected chi connectivity index (χ3v) is 3.01. The van der Waals surface area contributed by atoms with Crippen molar-refractivity contribution in [3.63, 3.8) is 0 Å². The molecule has 0 aliphatic carbocycles. The Bertz CT molecular complexity index is 549. The van der Waals surface area contributed by atoms with Crippen LogP contribution in [-0.4, -0.2) is 10.1 Å². The van der Waals surface area contributed by atoms with Crippen molar-refractivity contribution >= 4 is 35.4 Å². The van der Waals surface area contributed by atoms with E-state index in [4.69, 9.17) is 27.7 Å². The molecule has 2 aromatic rings. The first-order valence-corrected chi connectivity index (χ1v) is 5.91. The maximum atomic E-state index is 6.04. The van der Waals surface area contributed by atoms with Gasteiger partial charge in [-0.3, -0.25) is 0 Å². The van der Waals surface area contributed by atoms with E-state index in [1.807, 2.05) is 19.1 Å². The van der Waals surface area contributed by atoms with Gasteiger partial charge in [0.15, 0.2) is 5.82 Å². The lowest BCUT2D eigenvalue weighted by atomic mass is 10.2. The predicted molar refractivity (Wildman–Crippen MR) is 69.1 cm³/mol. The van der Waals surface area contributed by atoms with Gasteiger partial charge in [-0.2, -0.15) is 4.98 Å². The van der Waals surface area contributed by atoms with Crippen LogP contribution in [0, 0.1) is 0 Å². The molecule has 1 heterocycles. The molecule has 0 spiro atoms. The van der Waals surface area contributed by atoms with Crippen LogP contribution in [0.4, 0.5) is 0 Å². The highest BCUT2D eigenvalue weighted by Gasteiger charge is 2.03. The normalized spacial score (nSPS) is 11.2. The Balaban J connectivity index is 2.22. The van der Waals surface area contributed by atoms with E-state index in [2.05, 4.69) is 10.1 Å². The summed E-state index contributed by atoms with van der Waals surface area (Å²) in [4.78, 5) is 4.16. The molecule has 0 amide bonds. The summed E-state index contributed by atoms with van der Waals surface area (Å²) >= 11 is 12.0. The Labute approximate surface area is 109 Å². The van der Waals surface area contributed by atoms with Crippen LogP contribution in [0.3, 0.4) is 0 Å². The molecular formula is C12H10Cl2N2O. The lowest BCUT2D eigenvalue weighted by Gasteiger charge is -1.98. The Hall–Kier alpha value is -1.32. The minimum absolute atomic E-state index is 0.518. The largest absolute Gasteiger partial charge is 0.339 e. The lowest BCUT2D eigenvalue weighted by Crippen LogP contribution is -1.80. The second-order valence-corrected chi connectivity index (χ2v) is 4.16. The zero-order chi connectivity index (χ0) is 12.3. The number of aromatic nitrogens is 2. The number of hydrogen-bond donors (Lipinski definition) is 0. The summed E-state index contributed by atoms with van der Waals surface area (Å²) in [5, 5.41) is 4.85. The van der Waals surface area contributed by atoms with Gasteiger partial charge >= 0.3 is 0 Å². The van der Waals surface area contributed by atoms with Crippen LogP contribution in [0.5, 0.6) is 0 Å². The van der Waals surface area contributed by atoms with Crippen molar-refractivity contribution in [1.82, 2.24) is 10.1 Å². The molecule has 2 rings (SSSR count). The fourth-order valence-electron chi connectivity index (χ4n) is 1.29. The first-order valence-electron chi connectivity index (χ1n) is 5.15. The van der Waals surface area contributed by atoms with Crippen LogP contribution < -0.4 is 0 Å². The fraction of sp³-hybridized carbons (Fsp3) is 0.167. The number of aryl methyl sites for hydroxylation is 1. The maximum absolute atomic E-state index is 6.04. The number of halogens is 2. The van der Waals surface area contributed by atoms with E-state index < -0.39 is 0 Å². The van der Waals surface area contributed by atoms with E-state index in [9.17, 15) is 0 Å². The smallest absolute Gasteiger partial charge is 0.226 e. The summed E-state index contributed by atoms with van der Waals surface area (Å²) < 4.78 is 4.98. The highest BCUT2D eigenvalue weighted by molar-refractivity contribution is 6.42. The fourth-order valence-corrected chi connectivity index (χ4v) is 1.66. The number of rotatable bonds is 3. The highest BCUT2D eigenvalue weighted by atomic mass is 35.5. The quantitative estimate of drug-likeness (QED) is 0.841. The van der Waals surface area contributed by atoms with Crippen molar-refractivity contribution < 1.29 is 4.52 Å². The van der Waals surface area contributed by atoms with Crippen molar-refractivity contribution in [3.8, 4) is 0 Å². The third kappa shape index (κ3) is 2.87. The monoisotopic (exact) mass is 268 g/mol. The molecule has 5 heteroatoms. The van der Waals surface area contributed by atoms with Crippen molar-refractivity contribution in [3.05, 3.63) is 45.5 Å². The maximum Gasteiger partial charge on any atom is 0.226 e. The standard InChI is InChI=1S/C12H10Cl2N2O/c1-2-11-15-10(16-17-11)7-6-8-4-3-5-9(13)12(8)14/h3-7H,2H2,1H3. The Morgan fingerprint density at radius 1 is 1.29 bits per heavy atom. The minimum Gasteiger partial charge on any atom is -0.339 e. The van der Waals surface area contributed by atoms with E-state index in [1.54, 1.807) is 18.2 Å². The average molecular weight is 269 g/mol. The molecular weight excluding hydrogens is 259 g/mol. The average Bonchev–Trinajstić information content (AvgIpc) is 2.79. The Morgan fingerprint density at radius 2 is 2.12 bits per heavy atom. The molecule has 0 aliphatic heterocycles. The summed E-state index contributed by atoms with van der Waals surface area (Å²) in [6.07, 6.45) is 4.26. The summed E-state index contributed by atoms with van der Waals surface area (Å²) in [7, 11) is 0. The van der Waals surface area contributed by atoms with Crippen LogP contribution in [0.15, 0.2) is 22.7 Å². The van der Waals surface area contributed by atoms with Crippen LogP contribution in [0.25, 0.3) is 12.2 Å². The molecule has 0 bridgehead atoms.